The molecule has 0 aliphatic carbocycles. The highest BCUT2D eigenvalue weighted by Gasteiger charge is 2.20. The molecule has 4 nitrogen and oxygen atoms in total. The highest BCUT2D eigenvalue weighted by molar-refractivity contribution is 7.99. The van der Waals surface area contributed by atoms with Crippen LogP contribution < -0.4 is 5.73 Å². The second kappa shape index (κ2) is 8.29. The van der Waals surface area contributed by atoms with E-state index in [1.165, 1.54) is 0 Å². The van der Waals surface area contributed by atoms with Crippen LogP contribution in [0.25, 0.3) is 0 Å². The number of esters is 1. The van der Waals surface area contributed by atoms with Gasteiger partial charge in [-0.3, -0.25) is 5.73 Å². The Labute approximate surface area is 124 Å². The van der Waals surface area contributed by atoms with Crippen molar-refractivity contribution in [2.24, 2.45) is 11.7 Å². The summed E-state index contributed by atoms with van der Waals surface area (Å²) in [6.45, 7) is 5.91. The lowest BCUT2D eigenvalue weighted by Gasteiger charge is -2.14. The Balaban J connectivity index is 2.64. The van der Waals surface area contributed by atoms with Crippen LogP contribution >= 0.6 is 11.8 Å². The van der Waals surface area contributed by atoms with Crippen molar-refractivity contribution in [3.63, 3.8) is 0 Å². The van der Waals surface area contributed by atoms with Gasteiger partial charge in [-0.15, -0.1) is 11.8 Å². The highest BCUT2D eigenvalue weighted by atomic mass is 32.2. The van der Waals surface area contributed by atoms with Crippen LogP contribution in [0.3, 0.4) is 0 Å². The highest BCUT2D eigenvalue weighted by Crippen LogP contribution is 2.24. The minimum Gasteiger partial charge on any atom is -0.445 e. The zero-order valence-electron chi connectivity index (χ0n) is 12.2. The van der Waals surface area contributed by atoms with Crippen molar-refractivity contribution in [2.75, 3.05) is 5.75 Å². The molecule has 5 heteroatoms. The molecule has 0 spiro atoms. The maximum absolute atomic E-state index is 11.6. The molecule has 0 saturated carbocycles. The van der Waals surface area contributed by atoms with Gasteiger partial charge < -0.3 is 9.84 Å². The monoisotopic (exact) mass is 297 g/mol. The summed E-state index contributed by atoms with van der Waals surface area (Å²) in [5.41, 5.74) is 5.91. The van der Waals surface area contributed by atoms with Crippen LogP contribution in [-0.2, 0) is 9.53 Å². The number of aliphatic hydroxyl groups excluding tert-OH is 1. The maximum atomic E-state index is 11.6. The molecule has 1 aromatic carbocycles. The van der Waals surface area contributed by atoms with Gasteiger partial charge in [0.1, 0.15) is 6.23 Å². The van der Waals surface area contributed by atoms with Gasteiger partial charge in [-0.25, -0.2) is 4.79 Å². The van der Waals surface area contributed by atoms with Crippen molar-refractivity contribution in [3.05, 3.63) is 29.8 Å². The summed E-state index contributed by atoms with van der Waals surface area (Å²) in [4.78, 5) is 12.6. The van der Waals surface area contributed by atoms with Crippen LogP contribution in [0, 0.1) is 5.92 Å². The molecular formula is C15H23NO3S. The second-order valence-corrected chi connectivity index (χ2v) is 6.32. The van der Waals surface area contributed by atoms with E-state index in [0.717, 1.165) is 17.1 Å². The molecule has 0 aliphatic rings. The largest absolute Gasteiger partial charge is 0.445 e. The minimum atomic E-state index is -1.29. The third-order valence-corrected chi connectivity index (χ3v) is 3.69. The van der Waals surface area contributed by atoms with E-state index in [0.29, 0.717) is 11.5 Å². The molecule has 2 atom stereocenters. The molecule has 112 valence electrons. The number of hydrogen-bond donors (Lipinski definition) is 2. The molecule has 20 heavy (non-hydrogen) atoms. The van der Waals surface area contributed by atoms with Gasteiger partial charge in [-0.05, 0) is 42.7 Å². The van der Waals surface area contributed by atoms with E-state index < -0.39 is 18.3 Å². The van der Waals surface area contributed by atoms with E-state index in [1.54, 1.807) is 24.8 Å². The van der Waals surface area contributed by atoms with Crippen molar-refractivity contribution in [3.8, 4) is 0 Å². The van der Waals surface area contributed by atoms with Crippen LogP contribution in [0.1, 0.15) is 38.9 Å². The SMILES string of the molecule is CC(C)CCSc1cccc(C(O)C(=O)OC(C)N)c1. The summed E-state index contributed by atoms with van der Waals surface area (Å²) in [6, 6.07) is 7.32. The topological polar surface area (TPSA) is 72.5 Å². The Kier molecular flexibility index (Phi) is 7.05. The third-order valence-electron chi connectivity index (χ3n) is 2.66. The van der Waals surface area contributed by atoms with Gasteiger partial charge in [0.05, 0.1) is 0 Å². The first-order valence-corrected chi connectivity index (χ1v) is 7.75. The van der Waals surface area contributed by atoms with E-state index in [4.69, 9.17) is 10.5 Å². The molecule has 0 saturated heterocycles. The number of carbonyl (C=O) groups excluding carboxylic acids is 1. The molecule has 0 fully saturated rings. The molecule has 0 radical (unpaired) electrons. The molecule has 0 aromatic heterocycles. The minimum absolute atomic E-state index is 0.533. The number of carbonyl (C=O) groups is 1. The van der Waals surface area contributed by atoms with Crippen molar-refractivity contribution in [2.45, 2.75) is 44.4 Å². The summed E-state index contributed by atoms with van der Waals surface area (Å²) in [5.74, 6) is 0.961. The average molecular weight is 297 g/mol. The fraction of sp³-hybridized carbons (Fsp3) is 0.533. The van der Waals surface area contributed by atoms with Gasteiger partial charge in [-0.2, -0.15) is 0 Å². The van der Waals surface area contributed by atoms with E-state index in [-0.39, 0.29) is 0 Å². The Morgan fingerprint density at radius 3 is 2.70 bits per heavy atom. The number of thioether (sulfide) groups is 1. The first kappa shape index (κ1) is 17.0. The van der Waals surface area contributed by atoms with Crippen molar-refractivity contribution >= 4 is 17.7 Å². The van der Waals surface area contributed by atoms with Gasteiger partial charge in [0.15, 0.2) is 6.10 Å². The van der Waals surface area contributed by atoms with Crippen LogP contribution in [0.5, 0.6) is 0 Å². The summed E-state index contributed by atoms with van der Waals surface area (Å²) in [6.07, 6.45) is -0.878. The normalized spacial score (nSPS) is 14.1. The molecular weight excluding hydrogens is 274 g/mol. The molecule has 1 aromatic rings. The van der Waals surface area contributed by atoms with Crippen LogP contribution in [0.15, 0.2) is 29.2 Å². The van der Waals surface area contributed by atoms with Crippen LogP contribution in [-0.4, -0.2) is 23.1 Å². The Morgan fingerprint density at radius 2 is 2.10 bits per heavy atom. The molecule has 3 N–H and O–H groups in total. The number of benzene rings is 1. The molecule has 2 unspecified atom stereocenters. The number of hydrogen-bond acceptors (Lipinski definition) is 5. The van der Waals surface area contributed by atoms with Crippen LogP contribution in [0.2, 0.25) is 0 Å². The van der Waals surface area contributed by atoms with Gasteiger partial charge in [0.25, 0.3) is 0 Å². The van der Waals surface area contributed by atoms with E-state index in [9.17, 15) is 9.90 Å². The van der Waals surface area contributed by atoms with Crippen molar-refractivity contribution < 1.29 is 14.6 Å². The summed E-state index contributed by atoms with van der Waals surface area (Å²) >= 11 is 1.72. The van der Waals surface area contributed by atoms with Gasteiger partial charge in [0, 0.05) is 4.90 Å². The predicted molar refractivity (Wildman–Crippen MR) is 81.3 cm³/mol. The second-order valence-electron chi connectivity index (χ2n) is 5.15. The maximum Gasteiger partial charge on any atom is 0.341 e. The third kappa shape index (κ3) is 5.94. The van der Waals surface area contributed by atoms with Gasteiger partial charge >= 0.3 is 5.97 Å². The lowest BCUT2D eigenvalue weighted by Crippen LogP contribution is -2.27. The fourth-order valence-electron chi connectivity index (χ4n) is 1.57. The zero-order chi connectivity index (χ0) is 15.1. The zero-order valence-corrected chi connectivity index (χ0v) is 13.0. The summed E-state index contributed by atoms with van der Waals surface area (Å²) < 4.78 is 4.80. The fourth-order valence-corrected chi connectivity index (χ4v) is 2.79. The van der Waals surface area contributed by atoms with Gasteiger partial charge in [0.2, 0.25) is 0 Å². The molecule has 0 amide bonds. The molecule has 0 aliphatic heterocycles. The summed E-state index contributed by atoms with van der Waals surface area (Å²) in [7, 11) is 0. The quantitative estimate of drug-likeness (QED) is 0.460. The van der Waals surface area contributed by atoms with E-state index >= 15 is 0 Å². The standard InChI is InChI=1S/C15H23NO3S/c1-10(2)7-8-20-13-6-4-5-12(9-13)14(17)15(18)19-11(3)16/h4-6,9-11,14,17H,7-8,16H2,1-3H3. The lowest BCUT2D eigenvalue weighted by atomic mass is 10.1. The molecule has 0 bridgehead atoms. The number of rotatable bonds is 7. The predicted octanol–water partition coefficient (Wildman–Crippen LogP) is 2.71. The van der Waals surface area contributed by atoms with Gasteiger partial charge in [-0.1, -0.05) is 26.0 Å². The Morgan fingerprint density at radius 1 is 1.40 bits per heavy atom. The summed E-state index contributed by atoms with van der Waals surface area (Å²) in [5, 5.41) is 9.94. The van der Waals surface area contributed by atoms with Crippen molar-refractivity contribution in [1.29, 1.82) is 0 Å². The van der Waals surface area contributed by atoms with Crippen LogP contribution in [0.4, 0.5) is 0 Å². The first-order valence-electron chi connectivity index (χ1n) is 6.77. The number of aliphatic hydroxyl groups is 1. The lowest BCUT2D eigenvalue weighted by molar-refractivity contribution is -0.158. The van der Waals surface area contributed by atoms with E-state index in [2.05, 4.69) is 13.8 Å². The first-order chi connectivity index (χ1) is 9.40. The van der Waals surface area contributed by atoms with E-state index in [1.807, 2.05) is 18.2 Å². The molecule has 0 heterocycles. The number of nitrogens with two attached hydrogens (primary N) is 1. The number of ether oxygens (including phenoxy) is 1. The Bertz CT molecular complexity index is 435. The van der Waals surface area contributed by atoms with Crippen molar-refractivity contribution in [1.82, 2.24) is 0 Å². The smallest absolute Gasteiger partial charge is 0.341 e. The Hall–Kier alpha value is -1.04. The average Bonchev–Trinajstić information content (AvgIpc) is 2.37. The molecule has 1 rings (SSSR count).